The van der Waals surface area contributed by atoms with E-state index in [0.717, 1.165) is 0 Å². The van der Waals surface area contributed by atoms with Crippen molar-refractivity contribution in [1.82, 2.24) is 4.90 Å². The number of nitrogens with one attached hydrogen (secondary N) is 2. The van der Waals surface area contributed by atoms with E-state index in [0.29, 0.717) is 48.5 Å². The van der Waals surface area contributed by atoms with E-state index in [1.54, 1.807) is 35.2 Å². The fraction of sp³-hybridized carbons (Fsp3) is 0.238. The predicted octanol–water partition coefficient (Wildman–Crippen LogP) is 2.20. The summed E-state index contributed by atoms with van der Waals surface area (Å²) in [6, 6.07) is 11.3. The van der Waals surface area contributed by atoms with Crippen molar-refractivity contribution in [3.05, 3.63) is 53.8 Å². The van der Waals surface area contributed by atoms with Gasteiger partial charge in [0, 0.05) is 24.2 Å². The molecular formula is C21H19N3O6S. The lowest BCUT2D eigenvalue weighted by Gasteiger charge is -2.26. The second-order valence-electron chi connectivity index (χ2n) is 7.36. The molecule has 0 atom stereocenters. The first-order chi connectivity index (χ1) is 14.9. The van der Waals surface area contributed by atoms with Crippen LogP contribution in [0.2, 0.25) is 0 Å². The van der Waals surface area contributed by atoms with Gasteiger partial charge in [0.1, 0.15) is 11.3 Å². The minimum atomic E-state index is -4.05. The molecule has 1 saturated heterocycles. The summed E-state index contributed by atoms with van der Waals surface area (Å²) >= 11 is 0. The molecular weight excluding hydrogens is 422 g/mol. The van der Waals surface area contributed by atoms with Gasteiger partial charge in [-0.3, -0.25) is 14.3 Å². The zero-order chi connectivity index (χ0) is 21.6. The molecule has 2 aliphatic heterocycles. The Bertz CT molecular complexity index is 1310. The number of nitrogens with zero attached hydrogens (tertiary/aromatic N) is 1. The summed E-state index contributed by atoms with van der Waals surface area (Å²) in [6.45, 7) is 1.62. The van der Waals surface area contributed by atoms with Crippen molar-refractivity contribution in [3.8, 4) is 0 Å². The zero-order valence-electron chi connectivity index (χ0n) is 16.4. The maximum absolute atomic E-state index is 13.2. The molecule has 10 heteroatoms. The Labute approximate surface area is 178 Å². The second-order valence-corrected chi connectivity index (χ2v) is 9.04. The van der Waals surface area contributed by atoms with Gasteiger partial charge in [-0.1, -0.05) is 12.1 Å². The van der Waals surface area contributed by atoms with Crippen molar-refractivity contribution in [2.75, 3.05) is 36.3 Å². The van der Waals surface area contributed by atoms with E-state index in [4.69, 9.17) is 9.15 Å². The molecule has 0 bridgehead atoms. The Balaban J connectivity index is 1.54. The van der Waals surface area contributed by atoms with Crippen molar-refractivity contribution in [1.29, 1.82) is 0 Å². The van der Waals surface area contributed by atoms with Gasteiger partial charge in [-0.05, 0) is 35.9 Å². The topological polar surface area (TPSA) is 118 Å². The van der Waals surface area contributed by atoms with E-state index < -0.39 is 15.9 Å². The summed E-state index contributed by atoms with van der Waals surface area (Å²) < 4.78 is 40.0. The highest BCUT2D eigenvalue weighted by molar-refractivity contribution is 7.92. The van der Waals surface area contributed by atoms with Crippen LogP contribution in [-0.2, 0) is 26.0 Å². The summed E-state index contributed by atoms with van der Waals surface area (Å²) in [6.07, 6.45) is 0.119. The molecule has 3 heterocycles. The molecule has 3 aromatic rings. The van der Waals surface area contributed by atoms with Crippen molar-refractivity contribution in [3.63, 3.8) is 0 Å². The second kappa shape index (κ2) is 7.40. The van der Waals surface area contributed by atoms with E-state index in [9.17, 15) is 18.0 Å². The number of hydrogen-bond donors (Lipinski definition) is 2. The Hall–Kier alpha value is -3.37. The molecule has 160 valence electrons. The van der Waals surface area contributed by atoms with E-state index in [1.807, 2.05) is 0 Å². The summed E-state index contributed by atoms with van der Waals surface area (Å²) in [5.41, 5.74) is 1.71. The molecule has 0 radical (unpaired) electrons. The van der Waals surface area contributed by atoms with Crippen LogP contribution in [0, 0.1) is 0 Å². The van der Waals surface area contributed by atoms with Crippen molar-refractivity contribution >= 4 is 44.2 Å². The number of carbonyl (C=O) groups is 2. The Morgan fingerprint density at radius 3 is 2.68 bits per heavy atom. The number of amides is 2. The first kappa shape index (κ1) is 19.6. The van der Waals surface area contributed by atoms with E-state index in [1.165, 1.54) is 12.1 Å². The number of ether oxygens (including phenoxy) is 1. The summed E-state index contributed by atoms with van der Waals surface area (Å²) in [4.78, 5) is 26.3. The average Bonchev–Trinajstić information content (AvgIpc) is 3.32. The van der Waals surface area contributed by atoms with E-state index >= 15 is 0 Å². The molecule has 0 aliphatic carbocycles. The summed E-state index contributed by atoms with van der Waals surface area (Å²) in [5.74, 6) is -0.651. The number of hydrogen-bond acceptors (Lipinski definition) is 6. The van der Waals surface area contributed by atoms with Gasteiger partial charge in [0.15, 0.2) is 0 Å². The zero-order valence-corrected chi connectivity index (χ0v) is 17.2. The summed E-state index contributed by atoms with van der Waals surface area (Å²) in [7, 11) is -4.05. The predicted molar refractivity (Wildman–Crippen MR) is 113 cm³/mol. The third-order valence-electron chi connectivity index (χ3n) is 5.34. The maximum atomic E-state index is 13.2. The number of para-hydroxylation sites is 1. The van der Waals surface area contributed by atoms with Gasteiger partial charge in [0.25, 0.3) is 15.9 Å². The van der Waals surface area contributed by atoms with Crippen LogP contribution in [0.3, 0.4) is 0 Å². The Morgan fingerprint density at radius 2 is 1.87 bits per heavy atom. The standard InChI is InChI=1S/C21H19N3O6S/c25-18-12-13-11-14(5-6-16(13)22-18)31(27,28)23-19-15-3-1-2-4-17(15)30-20(19)21(26)24-7-9-29-10-8-24/h1-6,11,23H,7-10,12H2,(H,22,25). The van der Waals surface area contributed by atoms with Crippen LogP contribution >= 0.6 is 0 Å². The minimum Gasteiger partial charge on any atom is -0.449 e. The van der Waals surface area contributed by atoms with E-state index in [2.05, 4.69) is 10.0 Å². The lowest BCUT2D eigenvalue weighted by atomic mass is 10.2. The first-order valence-corrected chi connectivity index (χ1v) is 11.2. The highest BCUT2D eigenvalue weighted by Gasteiger charge is 2.30. The molecule has 2 N–H and O–H groups in total. The van der Waals surface area contributed by atoms with Gasteiger partial charge in [0.2, 0.25) is 11.7 Å². The van der Waals surface area contributed by atoms with Crippen LogP contribution in [0.5, 0.6) is 0 Å². The third kappa shape index (κ3) is 3.53. The number of morpholine rings is 1. The number of rotatable bonds is 4. The highest BCUT2D eigenvalue weighted by Crippen LogP contribution is 2.34. The molecule has 5 rings (SSSR count). The third-order valence-corrected chi connectivity index (χ3v) is 6.68. The number of furan rings is 1. The molecule has 31 heavy (non-hydrogen) atoms. The van der Waals surface area contributed by atoms with Crippen LogP contribution in [0.25, 0.3) is 11.0 Å². The molecule has 1 fully saturated rings. The molecule has 0 spiro atoms. The van der Waals surface area contributed by atoms with E-state index in [-0.39, 0.29) is 28.7 Å². The smallest absolute Gasteiger partial charge is 0.291 e. The van der Waals surface area contributed by atoms with Gasteiger partial charge in [-0.2, -0.15) is 0 Å². The fourth-order valence-electron chi connectivity index (χ4n) is 3.77. The Morgan fingerprint density at radius 1 is 1.10 bits per heavy atom. The highest BCUT2D eigenvalue weighted by atomic mass is 32.2. The van der Waals surface area contributed by atoms with Crippen molar-refractivity contribution < 1.29 is 27.2 Å². The number of sulfonamides is 1. The molecule has 0 unspecified atom stereocenters. The van der Waals surface area contributed by atoms with Crippen LogP contribution in [-0.4, -0.2) is 51.4 Å². The fourth-order valence-corrected chi connectivity index (χ4v) is 4.91. The average molecular weight is 441 g/mol. The van der Waals surface area contributed by atoms with Gasteiger partial charge < -0.3 is 19.4 Å². The molecule has 2 aliphatic rings. The number of fused-ring (bicyclic) bond motifs is 2. The molecule has 2 amide bonds. The monoisotopic (exact) mass is 441 g/mol. The first-order valence-electron chi connectivity index (χ1n) is 9.76. The number of anilines is 2. The Kier molecular flexibility index (Phi) is 4.67. The SMILES string of the molecule is O=C1Cc2cc(S(=O)(=O)Nc3c(C(=O)N4CCOCC4)oc4ccccc34)ccc2N1. The van der Waals surface area contributed by atoms with Crippen LogP contribution in [0.4, 0.5) is 11.4 Å². The van der Waals surface area contributed by atoms with Gasteiger partial charge in [-0.25, -0.2) is 8.42 Å². The minimum absolute atomic E-state index is 0.00203. The van der Waals surface area contributed by atoms with Crippen molar-refractivity contribution in [2.45, 2.75) is 11.3 Å². The quantitative estimate of drug-likeness (QED) is 0.641. The van der Waals surface area contributed by atoms with Gasteiger partial charge in [0.05, 0.1) is 24.5 Å². The van der Waals surface area contributed by atoms with Crippen LogP contribution in [0.15, 0.2) is 51.8 Å². The lowest BCUT2D eigenvalue weighted by molar-refractivity contribution is -0.115. The maximum Gasteiger partial charge on any atom is 0.291 e. The van der Waals surface area contributed by atoms with Gasteiger partial charge >= 0.3 is 0 Å². The number of benzene rings is 2. The normalized spacial score (nSPS) is 16.3. The molecule has 1 aromatic heterocycles. The van der Waals surface area contributed by atoms with Crippen LogP contribution in [0.1, 0.15) is 16.1 Å². The summed E-state index contributed by atoms with van der Waals surface area (Å²) in [5, 5.41) is 3.16. The van der Waals surface area contributed by atoms with Crippen LogP contribution < -0.4 is 10.0 Å². The lowest BCUT2D eigenvalue weighted by Crippen LogP contribution is -2.40. The number of carbonyl (C=O) groups excluding carboxylic acids is 2. The van der Waals surface area contributed by atoms with Gasteiger partial charge in [-0.15, -0.1) is 0 Å². The molecule has 9 nitrogen and oxygen atoms in total. The molecule has 2 aromatic carbocycles. The molecule has 0 saturated carbocycles. The largest absolute Gasteiger partial charge is 0.449 e. The van der Waals surface area contributed by atoms with Crippen molar-refractivity contribution in [2.24, 2.45) is 0 Å².